The second-order valence-electron chi connectivity index (χ2n) is 7.96. The van der Waals surface area contributed by atoms with Gasteiger partial charge in [-0.05, 0) is 55.4 Å². The van der Waals surface area contributed by atoms with Crippen molar-refractivity contribution in [3.8, 4) is 0 Å². The minimum absolute atomic E-state index is 0. The first kappa shape index (κ1) is 72.5. The summed E-state index contributed by atoms with van der Waals surface area (Å²) in [6, 6.07) is 0. The quantitative estimate of drug-likeness (QED) is 0.106. The van der Waals surface area contributed by atoms with Crippen LogP contribution in [0.1, 0.15) is 55.4 Å². The molecule has 8 atom stereocenters. The maximum absolute atomic E-state index is 9.34. The molecule has 0 aromatic rings. The Kier molecular flexibility index (Phi) is 66.5. The Morgan fingerprint density at radius 3 is 0.280 bits per heavy atom. The van der Waals surface area contributed by atoms with Crippen LogP contribution < -0.4 is 40.9 Å². The van der Waals surface area contributed by atoms with Crippen molar-refractivity contribution in [1.29, 1.82) is 0 Å². The van der Waals surface area contributed by atoms with Crippen molar-refractivity contribution < 1.29 is 163 Å². The van der Waals surface area contributed by atoms with E-state index >= 15 is 0 Å². The van der Waals surface area contributed by atoms with Crippen LogP contribution in [0, 0.1) is 0 Å². The Hall–Kier alpha value is -3.13. The van der Waals surface area contributed by atoms with E-state index in [1.807, 2.05) is 0 Å². The number of aliphatic hydroxyl groups excluding tert-OH is 8. The van der Waals surface area contributed by atoms with E-state index in [2.05, 4.69) is 0 Å². The second-order valence-corrected chi connectivity index (χ2v) is 7.96. The molecule has 50 heavy (non-hydrogen) atoms. The molecule has 24 nitrogen and oxygen atoms in total. The summed E-state index contributed by atoms with van der Waals surface area (Å²) in [5, 5.41) is 138. The van der Waals surface area contributed by atoms with E-state index in [-0.39, 0.29) is 43.4 Å². The first-order valence-corrected chi connectivity index (χ1v) is 12.3. The van der Waals surface area contributed by atoms with Gasteiger partial charge in [-0.15, -0.1) is 0 Å². The summed E-state index contributed by atoms with van der Waals surface area (Å²) in [6.45, 7) is 9.07. The first-order valence-electron chi connectivity index (χ1n) is 12.3. The molecule has 0 aromatic carbocycles. The topological polar surface area (TPSA) is 483 Å². The number of aliphatic carboxylic acids is 8. The number of hydrogen-bond acceptors (Lipinski definition) is 24. The largest absolute Gasteiger partial charge is 4.00 e. The number of carboxylic acids is 8. The number of carboxylic acid groups (broad SMARTS) is 8. The number of aliphatic hydroxyl groups is 8. The molecular formula is C24H40O24Ti2. The summed E-state index contributed by atoms with van der Waals surface area (Å²) in [4.78, 5) is 74.7. The minimum atomic E-state index is -1.44. The van der Waals surface area contributed by atoms with Gasteiger partial charge in [-0.2, -0.15) is 0 Å². The van der Waals surface area contributed by atoms with Crippen LogP contribution in [0.4, 0.5) is 0 Å². The molecule has 288 valence electrons. The Morgan fingerprint density at radius 2 is 0.280 bits per heavy atom. The molecular weight excluding hydrogens is 768 g/mol. The molecule has 0 amide bonds. The van der Waals surface area contributed by atoms with Crippen molar-refractivity contribution in [3.05, 3.63) is 0 Å². The maximum atomic E-state index is 9.34. The Balaban J connectivity index is -0.0000000455. The third-order valence-electron chi connectivity index (χ3n) is 2.73. The van der Waals surface area contributed by atoms with Gasteiger partial charge in [-0.3, -0.25) is 0 Å². The summed E-state index contributed by atoms with van der Waals surface area (Å²) >= 11 is 0. The zero-order valence-electron chi connectivity index (χ0n) is 27.7. The zero-order chi connectivity index (χ0) is 41.2. The molecule has 26 heteroatoms. The predicted molar refractivity (Wildman–Crippen MR) is 134 cm³/mol. The monoisotopic (exact) mass is 808 g/mol. The molecule has 0 saturated heterocycles. The van der Waals surface area contributed by atoms with Crippen LogP contribution in [0.2, 0.25) is 0 Å². The van der Waals surface area contributed by atoms with Crippen molar-refractivity contribution in [3.63, 3.8) is 0 Å². The van der Waals surface area contributed by atoms with E-state index in [4.69, 9.17) is 40.9 Å². The Morgan fingerprint density at radius 1 is 0.260 bits per heavy atom. The number of rotatable bonds is 8. The summed E-state index contributed by atoms with van der Waals surface area (Å²) in [5.41, 5.74) is 0. The van der Waals surface area contributed by atoms with Crippen LogP contribution in [0.15, 0.2) is 0 Å². The summed E-state index contributed by atoms with van der Waals surface area (Å²) in [6.07, 6.45) is -10.7. The molecule has 8 N–H and O–H groups in total. The molecule has 0 aromatic heterocycles. The van der Waals surface area contributed by atoms with Gasteiger partial charge in [-0.1, -0.05) is 0 Å². The molecule has 0 radical (unpaired) electrons. The molecule has 8 unspecified atom stereocenters. The smallest absolute Gasteiger partial charge is 0.547 e. The van der Waals surface area contributed by atoms with Gasteiger partial charge in [0, 0.05) is 0 Å². The van der Waals surface area contributed by atoms with E-state index in [0.29, 0.717) is 0 Å². The second kappa shape index (κ2) is 45.9. The van der Waals surface area contributed by atoms with Gasteiger partial charge in [0.2, 0.25) is 0 Å². The molecule has 0 aliphatic carbocycles. The molecule has 0 saturated carbocycles. The van der Waals surface area contributed by atoms with Gasteiger partial charge in [0.05, 0.1) is 96.6 Å². The normalized spacial score (nSPS) is 13.1. The fraction of sp³-hybridized carbons (Fsp3) is 0.667. The van der Waals surface area contributed by atoms with Crippen LogP contribution in [0.5, 0.6) is 0 Å². The van der Waals surface area contributed by atoms with Gasteiger partial charge >= 0.3 is 43.4 Å². The molecule has 0 fully saturated rings. The van der Waals surface area contributed by atoms with E-state index in [1.54, 1.807) is 0 Å². The average molecular weight is 808 g/mol. The standard InChI is InChI=1S/8C3H6O3.2Ti/c8*1-2(4)3(5)6;;/h8*2,4H,1H3,(H,5,6);;/q;;;;;;;;2*+4/p-8. The molecule has 0 spiro atoms. The van der Waals surface area contributed by atoms with Crippen molar-refractivity contribution in [1.82, 2.24) is 0 Å². The number of carbonyl (C=O) groups excluding carboxylic acids is 8. The average Bonchev–Trinajstić information content (AvgIpc) is 2.90. The maximum Gasteiger partial charge on any atom is 4.00 e. The Labute approximate surface area is 314 Å². The van der Waals surface area contributed by atoms with Gasteiger partial charge < -0.3 is 120 Å². The fourth-order valence-corrected chi connectivity index (χ4v) is 0. The van der Waals surface area contributed by atoms with Gasteiger partial charge in [0.1, 0.15) is 0 Å². The molecule has 0 aliphatic heterocycles. The van der Waals surface area contributed by atoms with Crippen molar-refractivity contribution in [2.75, 3.05) is 0 Å². The summed E-state index contributed by atoms with van der Waals surface area (Å²) < 4.78 is 0. The third-order valence-corrected chi connectivity index (χ3v) is 2.73. The molecule has 0 heterocycles. The van der Waals surface area contributed by atoms with E-state index in [0.717, 1.165) is 55.4 Å². The van der Waals surface area contributed by atoms with Crippen molar-refractivity contribution in [2.45, 2.75) is 104 Å². The van der Waals surface area contributed by atoms with Gasteiger partial charge in [0.15, 0.2) is 0 Å². The van der Waals surface area contributed by atoms with E-state index in [1.165, 1.54) is 0 Å². The minimum Gasteiger partial charge on any atom is -0.547 e. The van der Waals surface area contributed by atoms with Crippen LogP contribution in [-0.2, 0) is 81.8 Å². The Bertz CT molecular complexity index is 685. The predicted octanol–water partition coefficient (Wildman–Crippen LogP) is -15.1. The van der Waals surface area contributed by atoms with Crippen LogP contribution in [0.3, 0.4) is 0 Å². The molecule has 0 bridgehead atoms. The number of hydrogen-bond donors (Lipinski definition) is 8. The SMILES string of the molecule is CC(O)C(=O)[O-].CC(O)C(=O)[O-].CC(O)C(=O)[O-].CC(O)C(=O)[O-].CC(O)C(=O)[O-].CC(O)C(=O)[O-].CC(O)C(=O)[O-].CC(O)C(=O)[O-].[Ti+4].[Ti+4]. The summed E-state index contributed by atoms with van der Waals surface area (Å²) in [5.74, 6) is -11.5. The van der Waals surface area contributed by atoms with E-state index < -0.39 is 96.6 Å². The van der Waals surface area contributed by atoms with Gasteiger partial charge in [0.25, 0.3) is 0 Å². The van der Waals surface area contributed by atoms with Crippen molar-refractivity contribution in [2.24, 2.45) is 0 Å². The van der Waals surface area contributed by atoms with Crippen LogP contribution in [0.25, 0.3) is 0 Å². The van der Waals surface area contributed by atoms with Crippen LogP contribution >= 0.6 is 0 Å². The van der Waals surface area contributed by atoms with Crippen LogP contribution in [-0.4, -0.2) is 137 Å². The fourth-order valence-electron chi connectivity index (χ4n) is 0. The van der Waals surface area contributed by atoms with Crippen molar-refractivity contribution >= 4 is 47.8 Å². The molecule has 0 rings (SSSR count). The summed E-state index contributed by atoms with van der Waals surface area (Å²) in [7, 11) is 0. The van der Waals surface area contributed by atoms with Gasteiger partial charge in [-0.25, -0.2) is 0 Å². The zero-order valence-corrected chi connectivity index (χ0v) is 30.9. The molecule has 0 aliphatic rings. The first-order chi connectivity index (χ1) is 21.1. The van der Waals surface area contributed by atoms with E-state index in [9.17, 15) is 79.2 Å². The third kappa shape index (κ3) is 104. The number of carbonyl (C=O) groups is 8.